The van der Waals surface area contributed by atoms with Gasteiger partial charge < -0.3 is 9.47 Å². The average molecular weight is 490 g/mol. The second-order valence-corrected chi connectivity index (χ2v) is 8.38. The molecule has 0 atom stereocenters. The molecule has 0 aliphatic carbocycles. The molecule has 0 spiro atoms. The highest BCUT2D eigenvalue weighted by Gasteiger charge is 2.34. The molecule has 156 valence electrons. The number of esters is 1. The minimum atomic E-state index is -0.511. The molecule has 1 saturated heterocycles. The van der Waals surface area contributed by atoms with Crippen LogP contribution in [0.3, 0.4) is 0 Å². The fraction of sp³-hybridized carbons (Fsp3) is 0.227. The van der Waals surface area contributed by atoms with Crippen LogP contribution in [0.4, 0.5) is 4.79 Å². The minimum Gasteiger partial charge on any atom is -0.481 e. The van der Waals surface area contributed by atoms with Crippen LogP contribution >= 0.6 is 27.7 Å². The van der Waals surface area contributed by atoms with Crippen LogP contribution in [0, 0.1) is 0 Å². The lowest BCUT2D eigenvalue weighted by atomic mass is 10.1. The van der Waals surface area contributed by atoms with Gasteiger partial charge in [-0.15, -0.1) is 0 Å². The highest BCUT2D eigenvalue weighted by molar-refractivity contribution is 9.10. The molecule has 1 aliphatic heterocycles. The molecule has 2 amide bonds. The topological polar surface area (TPSA) is 72.9 Å². The van der Waals surface area contributed by atoms with Crippen molar-refractivity contribution < 1.29 is 23.9 Å². The third kappa shape index (κ3) is 5.73. The smallest absolute Gasteiger partial charge is 0.343 e. The Balaban J connectivity index is 1.70. The van der Waals surface area contributed by atoms with E-state index in [1.54, 1.807) is 24.3 Å². The number of carbonyl (C=O) groups excluding carboxylic acids is 3. The SMILES string of the molecule is COC(=O)COc1ccc(Br)cc1/C=C1/SC(=O)N(CCCc2ccccc2)C1=O. The Hall–Kier alpha value is -2.58. The zero-order valence-electron chi connectivity index (χ0n) is 16.3. The predicted octanol–water partition coefficient (Wildman–Crippen LogP) is 4.67. The van der Waals surface area contributed by atoms with Crippen molar-refractivity contribution in [2.24, 2.45) is 0 Å². The molecule has 0 saturated carbocycles. The number of hydrogen-bond acceptors (Lipinski definition) is 6. The zero-order chi connectivity index (χ0) is 21.5. The number of ether oxygens (including phenoxy) is 2. The first-order valence-corrected chi connectivity index (χ1v) is 10.9. The second kappa shape index (κ2) is 10.4. The summed E-state index contributed by atoms with van der Waals surface area (Å²) in [6, 6.07) is 15.1. The van der Waals surface area contributed by atoms with E-state index < -0.39 is 5.97 Å². The Morgan fingerprint density at radius 2 is 1.93 bits per heavy atom. The van der Waals surface area contributed by atoms with Gasteiger partial charge in [-0.2, -0.15) is 0 Å². The van der Waals surface area contributed by atoms with Gasteiger partial charge >= 0.3 is 5.97 Å². The van der Waals surface area contributed by atoms with E-state index in [9.17, 15) is 14.4 Å². The zero-order valence-corrected chi connectivity index (χ0v) is 18.7. The van der Waals surface area contributed by atoms with Gasteiger partial charge in [-0.25, -0.2) is 4.79 Å². The number of aryl methyl sites for hydroxylation is 1. The van der Waals surface area contributed by atoms with Crippen molar-refractivity contribution in [1.29, 1.82) is 0 Å². The van der Waals surface area contributed by atoms with Crippen LogP contribution in [0.15, 0.2) is 57.9 Å². The van der Waals surface area contributed by atoms with Crippen LogP contribution in [0.2, 0.25) is 0 Å². The number of methoxy groups -OCH3 is 1. The predicted molar refractivity (Wildman–Crippen MR) is 119 cm³/mol. The molecule has 0 bridgehead atoms. The van der Waals surface area contributed by atoms with Crippen LogP contribution in [0.1, 0.15) is 17.5 Å². The van der Waals surface area contributed by atoms with E-state index in [1.165, 1.54) is 17.6 Å². The third-order valence-electron chi connectivity index (χ3n) is 4.40. The summed E-state index contributed by atoms with van der Waals surface area (Å²) in [5.74, 6) is -0.418. The summed E-state index contributed by atoms with van der Waals surface area (Å²) in [6.07, 6.45) is 3.10. The number of carbonyl (C=O) groups is 3. The Morgan fingerprint density at radius 1 is 1.17 bits per heavy atom. The Bertz CT molecular complexity index is 977. The summed E-state index contributed by atoms with van der Waals surface area (Å²) in [4.78, 5) is 38.1. The van der Waals surface area contributed by atoms with Crippen molar-refractivity contribution >= 4 is 50.9 Å². The molecular weight excluding hydrogens is 470 g/mol. The normalized spacial score (nSPS) is 15.0. The maximum absolute atomic E-state index is 12.8. The molecule has 0 unspecified atom stereocenters. The van der Waals surface area contributed by atoms with Gasteiger partial charge in [0, 0.05) is 16.6 Å². The number of hydrogen-bond donors (Lipinski definition) is 0. The first-order chi connectivity index (χ1) is 14.5. The van der Waals surface area contributed by atoms with Gasteiger partial charge in [-0.3, -0.25) is 14.5 Å². The lowest BCUT2D eigenvalue weighted by Crippen LogP contribution is -2.29. The van der Waals surface area contributed by atoms with Gasteiger partial charge in [0.2, 0.25) is 0 Å². The van der Waals surface area contributed by atoms with Crippen LogP contribution in [0.5, 0.6) is 5.75 Å². The molecule has 0 N–H and O–H groups in total. The van der Waals surface area contributed by atoms with Crippen molar-refractivity contribution in [3.05, 3.63) is 69.0 Å². The molecule has 2 aromatic carbocycles. The third-order valence-corrected chi connectivity index (χ3v) is 5.80. The molecule has 1 fully saturated rings. The highest BCUT2D eigenvalue weighted by Crippen LogP contribution is 2.35. The summed E-state index contributed by atoms with van der Waals surface area (Å²) in [7, 11) is 1.28. The molecular formula is C22H20BrNO5S. The maximum Gasteiger partial charge on any atom is 0.343 e. The highest BCUT2D eigenvalue weighted by atomic mass is 79.9. The van der Waals surface area contributed by atoms with Gasteiger partial charge in [0.05, 0.1) is 12.0 Å². The molecule has 1 aliphatic rings. The van der Waals surface area contributed by atoms with Crippen molar-refractivity contribution in [2.45, 2.75) is 12.8 Å². The van der Waals surface area contributed by atoms with Gasteiger partial charge in [-0.05, 0) is 54.4 Å². The van der Waals surface area contributed by atoms with E-state index in [4.69, 9.17) is 4.74 Å². The average Bonchev–Trinajstić information content (AvgIpc) is 3.01. The van der Waals surface area contributed by atoms with E-state index in [-0.39, 0.29) is 17.8 Å². The lowest BCUT2D eigenvalue weighted by Gasteiger charge is -2.12. The van der Waals surface area contributed by atoms with Crippen molar-refractivity contribution in [3.8, 4) is 5.75 Å². The number of rotatable bonds is 8. The number of nitrogens with zero attached hydrogens (tertiary/aromatic N) is 1. The minimum absolute atomic E-state index is 0.250. The van der Waals surface area contributed by atoms with Crippen molar-refractivity contribution in [3.63, 3.8) is 0 Å². The lowest BCUT2D eigenvalue weighted by molar-refractivity contribution is -0.142. The van der Waals surface area contributed by atoms with Crippen LogP contribution in [-0.2, 0) is 20.7 Å². The van der Waals surface area contributed by atoms with Crippen LogP contribution in [0.25, 0.3) is 6.08 Å². The Kier molecular flexibility index (Phi) is 7.70. The number of benzene rings is 2. The molecule has 8 heteroatoms. The quantitative estimate of drug-likeness (QED) is 0.396. The van der Waals surface area contributed by atoms with Gasteiger partial charge in [0.25, 0.3) is 11.1 Å². The first-order valence-electron chi connectivity index (χ1n) is 9.26. The summed E-state index contributed by atoms with van der Waals surface area (Å²) >= 11 is 4.29. The van der Waals surface area contributed by atoms with Gasteiger partial charge in [0.15, 0.2) is 6.61 Å². The van der Waals surface area contributed by atoms with E-state index in [0.717, 1.165) is 22.7 Å². The van der Waals surface area contributed by atoms with E-state index in [2.05, 4.69) is 20.7 Å². The van der Waals surface area contributed by atoms with E-state index in [0.29, 0.717) is 29.2 Å². The number of halogens is 1. The van der Waals surface area contributed by atoms with Crippen molar-refractivity contribution in [2.75, 3.05) is 20.3 Å². The van der Waals surface area contributed by atoms with Crippen LogP contribution in [-0.4, -0.2) is 42.3 Å². The summed E-state index contributed by atoms with van der Waals surface area (Å²) in [5.41, 5.74) is 1.75. The first kappa shape index (κ1) is 22.1. The number of thioether (sulfide) groups is 1. The molecule has 3 rings (SSSR count). The van der Waals surface area contributed by atoms with Gasteiger partial charge in [0.1, 0.15) is 5.75 Å². The molecule has 1 heterocycles. The fourth-order valence-corrected chi connectivity index (χ4v) is 4.11. The Labute approximate surface area is 187 Å². The molecule has 30 heavy (non-hydrogen) atoms. The number of imide groups is 1. The fourth-order valence-electron chi connectivity index (χ4n) is 2.88. The summed E-state index contributed by atoms with van der Waals surface area (Å²) in [5, 5.41) is -0.286. The van der Waals surface area contributed by atoms with Gasteiger partial charge in [-0.1, -0.05) is 46.3 Å². The summed E-state index contributed by atoms with van der Waals surface area (Å²) < 4.78 is 10.9. The second-order valence-electron chi connectivity index (χ2n) is 6.47. The van der Waals surface area contributed by atoms with E-state index in [1.807, 2.05) is 30.3 Å². The summed E-state index contributed by atoms with van der Waals surface area (Å²) in [6.45, 7) is 0.112. The van der Waals surface area contributed by atoms with E-state index >= 15 is 0 Å². The molecule has 2 aromatic rings. The largest absolute Gasteiger partial charge is 0.481 e. The standard InChI is InChI=1S/C22H20BrNO5S/c1-28-20(25)14-29-18-10-9-17(23)12-16(18)13-19-21(26)24(22(27)30-19)11-5-8-15-6-3-2-4-7-15/h2-4,6-7,9-10,12-13H,5,8,11,14H2,1H3/b19-13+. The molecule has 6 nitrogen and oxygen atoms in total. The van der Waals surface area contributed by atoms with Crippen molar-refractivity contribution in [1.82, 2.24) is 4.90 Å². The Morgan fingerprint density at radius 3 is 2.67 bits per heavy atom. The number of amides is 2. The maximum atomic E-state index is 12.8. The van der Waals surface area contributed by atoms with Crippen LogP contribution < -0.4 is 4.74 Å². The molecule has 0 radical (unpaired) electrons. The monoisotopic (exact) mass is 489 g/mol. The molecule has 0 aromatic heterocycles.